The summed E-state index contributed by atoms with van der Waals surface area (Å²) in [5.41, 5.74) is 7.68. The molecule has 0 spiro atoms. The molecule has 2 nitrogen and oxygen atoms in total. The molecule has 0 aliphatic rings. The predicted octanol–water partition coefficient (Wildman–Crippen LogP) is 4.29. The summed E-state index contributed by atoms with van der Waals surface area (Å²) < 4.78 is 0. The van der Waals surface area contributed by atoms with Crippen molar-refractivity contribution in [2.24, 2.45) is 5.92 Å². The van der Waals surface area contributed by atoms with Crippen LogP contribution < -0.4 is 11.1 Å². The van der Waals surface area contributed by atoms with Crippen molar-refractivity contribution < 1.29 is 0 Å². The van der Waals surface area contributed by atoms with Crippen LogP contribution in [0.2, 0.25) is 0 Å². The van der Waals surface area contributed by atoms with Gasteiger partial charge in [-0.15, -0.1) is 0 Å². The fourth-order valence-corrected chi connectivity index (χ4v) is 1.88. The van der Waals surface area contributed by atoms with E-state index in [1.807, 2.05) is 12.1 Å². The third-order valence-electron chi connectivity index (χ3n) is 3.48. The zero-order chi connectivity index (χ0) is 12.7. The van der Waals surface area contributed by atoms with Gasteiger partial charge in [-0.3, -0.25) is 0 Å². The summed E-state index contributed by atoms with van der Waals surface area (Å²) in [6, 6.07) is 8.59. The molecule has 0 heterocycles. The summed E-state index contributed by atoms with van der Waals surface area (Å²) in [6.45, 7) is 6.83. The van der Waals surface area contributed by atoms with Gasteiger partial charge in [0, 0.05) is 17.4 Å². The predicted molar refractivity (Wildman–Crippen MR) is 77.2 cm³/mol. The smallest absolute Gasteiger partial charge is 0.0343 e. The van der Waals surface area contributed by atoms with E-state index in [0.717, 1.165) is 11.6 Å². The van der Waals surface area contributed by atoms with E-state index in [1.165, 1.54) is 31.4 Å². The second-order valence-electron chi connectivity index (χ2n) is 4.96. The van der Waals surface area contributed by atoms with E-state index in [2.05, 4.69) is 38.2 Å². The Bertz CT molecular complexity index is 305. The van der Waals surface area contributed by atoms with Crippen LogP contribution in [0.3, 0.4) is 0 Å². The van der Waals surface area contributed by atoms with Crippen molar-refractivity contribution in [3.05, 3.63) is 24.3 Å². The molecular formula is C15H26N2. The molecule has 0 aliphatic carbocycles. The van der Waals surface area contributed by atoms with Gasteiger partial charge in [-0.05, 0) is 49.4 Å². The summed E-state index contributed by atoms with van der Waals surface area (Å²) in [4.78, 5) is 0. The second kappa shape index (κ2) is 7.21. The van der Waals surface area contributed by atoms with Crippen LogP contribution in [0, 0.1) is 5.92 Å². The first-order valence-corrected chi connectivity index (χ1v) is 6.77. The Hall–Kier alpha value is -1.18. The average molecular weight is 234 g/mol. The third-order valence-corrected chi connectivity index (χ3v) is 3.48. The van der Waals surface area contributed by atoms with Crippen LogP contribution >= 0.6 is 0 Å². The van der Waals surface area contributed by atoms with Crippen LogP contribution in [-0.4, -0.2) is 6.04 Å². The van der Waals surface area contributed by atoms with E-state index in [-0.39, 0.29) is 0 Å². The minimum absolute atomic E-state index is 0.577. The zero-order valence-corrected chi connectivity index (χ0v) is 11.4. The lowest BCUT2D eigenvalue weighted by molar-refractivity contribution is 0.464. The largest absolute Gasteiger partial charge is 0.399 e. The molecule has 0 fully saturated rings. The van der Waals surface area contributed by atoms with E-state index in [0.29, 0.717) is 6.04 Å². The van der Waals surface area contributed by atoms with Crippen molar-refractivity contribution in [3.8, 4) is 0 Å². The molecule has 1 aromatic rings. The molecule has 0 aliphatic heterocycles. The van der Waals surface area contributed by atoms with Crippen molar-refractivity contribution in [2.45, 2.75) is 52.5 Å². The molecule has 2 unspecified atom stereocenters. The van der Waals surface area contributed by atoms with Gasteiger partial charge in [0.1, 0.15) is 0 Å². The Balaban J connectivity index is 2.43. The molecule has 0 saturated heterocycles. The lowest BCUT2D eigenvalue weighted by Crippen LogP contribution is -2.19. The molecule has 0 amide bonds. The van der Waals surface area contributed by atoms with Gasteiger partial charge in [0.2, 0.25) is 0 Å². The molecule has 1 rings (SSSR count). The van der Waals surface area contributed by atoms with Gasteiger partial charge < -0.3 is 11.1 Å². The minimum atomic E-state index is 0.577. The van der Waals surface area contributed by atoms with Gasteiger partial charge in [0.05, 0.1) is 0 Å². The molecule has 0 radical (unpaired) electrons. The standard InChI is InChI=1S/C15H26N2/c1-4-12(3)6-9-14(5-2)17-15-10-7-13(16)8-11-15/h7-8,10-12,14,17H,4-6,9,16H2,1-3H3. The molecule has 1 aromatic carbocycles. The lowest BCUT2D eigenvalue weighted by atomic mass is 9.98. The van der Waals surface area contributed by atoms with E-state index in [1.54, 1.807) is 0 Å². The number of benzene rings is 1. The fraction of sp³-hybridized carbons (Fsp3) is 0.600. The van der Waals surface area contributed by atoms with Crippen molar-refractivity contribution in [1.82, 2.24) is 0 Å². The Morgan fingerprint density at radius 3 is 2.24 bits per heavy atom. The third kappa shape index (κ3) is 5.12. The SMILES string of the molecule is CCC(C)CCC(CC)Nc1ccc(N)cc1. The van der Waals surface area contributed by atoms with E-state index >= 15 is 0 Å². The maximum atomic E-state index is 5.68. The number of anilines is 2. The van der Waals surface area contributed by atoms with Gasteiger partial charge in [0.15, 0.2) is 0 Å². The monoisotopic (exact) mass is 234 g/mol. The maximum absolute atomic E-state index is 5.68. The number of rotatable bonds is 7. The molecule has 17 heavy (non-hydrogen) atoms. The fourth-order valence-electron chi connectivity index (χ4n) is 1.88. The molecule has 2 atom stereocenters. The van der Waals surface area contributed by atoms with Gasteiger partial charge in [-0.25, -0.2) is 0 Å². The number of hydrogen-bond acceptors (Lipinski definition) is 2. The molecule has 2 heteroatoms. The molecule has 96 valence electrons. The Labute approximate surface area is 106 Å². The highest BCUT2D eigenvalue weighted by Gasteiger charge is 2.08. The molecule has 0 saturated carbocycles. The highest BCUT2D eigenvalue weighted by Crippen LogP contribution is 2.18. The summed E-state index contributed by atoms with van der Waals surface area (Å²) in [5, 5.41) is 3.58. The van der Waals surface area contributed by atoms with Crippen LogP contribution in [0.5, 0.6) is 0 Å². The van der Waals surface area contributed by atoms with Crippen molar-refractivity contribution in [1.29, 1.82) is 0 Å². The number of hydrogen-bond donors (Lipinski definition) is 2. The lowest BCUT2D eigenvalue weighted by Gasteiger charge is -2.20. The molecular weight excluding hydrogens is 208 g/mol. The van der Waals surface area contributed by atoms with Crippen molar-refractivity contribution in [3.63, 3.8) is 0 Å². The van der Waals surface area contributed by atoms with Crippen LogP contribution in [-0.2, 0) is 0 Å². The summed E-state index contributed by atoms with van der Waals surface area (Å²) in [7, 11) is 0. The number of nitrogen functional groups attached to an aromatic ring is 1. The topological polar surface area (TPSA) is 38.0 Å². The van der Waals surface area contributed by atoms with Crippen LogP contribution in [0.15, 0.2) is 24.3 Å². The van der Waals surface area contributed by atoms with E-state index in [4.69, 9.17) is 5.73 Å². The van der Waals surface area contributed by atoms with Crippen LogP contribution in [0.4, 0.5) is 11.4 Å². The van der Waals surface area contributed by atoms with Gasteiger partial charge in [-0.1, -0.05) is 27.2 Å². The average Bonchev–Trinajstić information content (AvgIpc) is 2.36. The Morgan fingerprint density at radius 2 is 1.71 bits per heavy atom. The number of nitrogens with one attached hydrogen (secondary N) is 1. The van der Waals surface area contributed by atoms with Crippen LogP contribution in [0.25, 0.3) is 0 Å². The summed E-state index contributed by atoms with van der Waals surface area (Å²) in [5.74, 6) is 0.831. The van der Waals surface area contributed by atoms with Crippen molar-refractivity contribution in [2.75, 3.05) is 11.1 Å². The second-order valence-corrected chi connectivity index (χ2v) is 4.96. The van der Waals surface area contributed by atoms with Gasteiger partial charge in [0.25, 0.3) is 0 Å². The zero-order valence-electron chi connectivity index (χ0n) is 11.4. The first-order valence-electron chi connectivity index (χ1n) is 6.77. The molecule has 3 N–H and O–H groups in total. The van der Waals surface area contributed by atoms with E-state index < -0.39 is 0 Å². The highest BCUT2D eigenvalue weighted by molar-refractivity contribution is 5.51. The maximum Gasteiger partial charge on any atom is 0.0343 e. The first-order chi connectivity index (χ1) is 8.15. The normalized spacial score (nSPS) is 14.3. The summed E-state index contributed by atoms with van der Waals surface area (Å²) >= 11 is 0. The van der Waals surface area contributed by atoms with E-state index in [9.17, 15) is 0 Å². The minimum Gasteiger partial charge on any atom is -0.399 e. The summed E-state index contributed by atoms with van der Waals surface area (Å²) in [6.07, 6.45) is 4.99. The Kier molecular flexibility index (Phi) is 5.88. The molecule has 0 bridgehead atoms. The van der Waals surface area contributed by atoms with Gasteiger partial charge in [-0.2, -0.15) is 0 Å². The Morgan fingerprint density at radius 1 is 1.06 bits per heavy atom. The first kappa shape index (κ1) is 13.9. The quantitative estimate of drug-likeness (QED) is 0.691. The van der Waals surface area contributed by atoms with Crippen LogP contribution in [0.1, 0.15) is 46.5 Å². The highest BCUT2D eigenvalue weighted by atomic mass is 14.9. The molecule has 0 aromatic heterocycles. The number of nitrogens with two attached hydrogens (primary N) is 1. The van der Waals surface area contributed by atoms with Gasteiger partial charge >= 0.3 is 0 Å². The van der Waals surface area contributed by atoms with Crippen molar-refractivity contribution >= 4 is 11.4 Å².